The molecule has 1 N–H and O–H groups in total. The van der Waals surface area contributed by atoms with E-state index < -0.39 is 6.09 Å². The number of anilines is 1. The van der Waals surface area contributed by atoms with Gasteiger partial charge in [-0.05, 0) is 41.7 Å². The SMILES string of the molecule is Cc1cccc(C(C)(C)C)c1NC(=O)Oc1cccocc2ccoc2cc2oc1=2. The highest BCUT2D eigenvalue weighted by Gasteiger charge is 2.21. The topological polar surface area (TPSA) is 77.8 Å². The Labute approximate surface area is 173 Å². The number of furan rings is 1. The summed E-state index contributed by atoms with van der Waals surface area (Å²) >= 11 is 0. The first-order chi connectivity index (χ1) is 14.3. The number of ether oxygens (including phenoxy) is 1. The Bertz CT molecular complexity index is 1320. The molecule has 0 fully saturated rings. The Morgan fingerprint density at radius 3 is 2.70 bits per heavy atom. The first-order valence-electron chi connectivity index (χ1n) is 9.62. The fourth-order valence-corrected chi connectivity index (χ4v) is 3.14. The van der Waals surface area contributed by atoms with Crippen LogP contribution in [0.5, 0.6) is 5.75 Å². The monoisotopic (exact) mass is 405 g/mol. The number of para-hydroxylation sites is 1. The largest absolute Gasteiger partial charge is 0.472 e. The van der Waals surface area contributed by atoms with Crippen LogP contribution in [0.25, 0.3) is 11.0 Å². The molecule has 6 nitrogen and oxygen atoms in total. The molecule has 0 radical (unpaired) electrons. The lowest BCUT2D eigenvalue weighted by Gasteiger charge is -2.24. The highest BCUT2D eigenvalue weighted by molar-refractivity contribution is 5.88. The lowest BCUT2D eigenvalue weighted by atomic mass is 9.84. The van der Waals surface area contributed by atoms with Crippen molar-refractivity contribution in [2.75, 3.05) is 5.32 Å². The van der Waals surface area contributed by atoms with Crippen LogP contribution in [0.15, 0.2) is 74.5 Å². The molecule has 0 unspecified atom stereocenters. The van der Waals surface area contributed by atoms with Gasteiger partial charge < -0.3 is 18.0 Å². The molecule has 0 saturated carbocycles. The standard InChI is InChI=1S/C24H23NO5/c1-15-7-5-8-17(24(2,3)4)21(15)25-23(26)30-18-9-6-11-27-14-16-10-12-28-19(16)13-20-22(18)29-20/h5-14H,1-4H3,(H,25,26). The maximum absolute atomic E-state index is 12.7. The minimum atomic E-state index is -0.599. The van der Waals surface area contributed by atoms with Crippen molar-refractivity contribution in [3.05, 3.63) is 83.2 Å². The minimum absolute atomic E-state index is 0.135. The maximum atomic E-state index is 12.7. The van der Waals surface area contributed by atoms with Crippen LogP contribution in [-0.4, -0.2) is 6.09 Å². The zero-order valence-electron chi connectivity index (χ0n) is 17.3. The first kappa shape index (κ1) is 19.6. The number of fused-ring (bicyclic) bond motifs is 1. The van der Waals surface area contributed by atoms with Gasteiger partial charge in [-0.3, -0.25) is 5.32 Å². The quantitative estimate of drug-likeness (QED) is 0.402. The average Bonchev–Trinajstić information content (AvgIpc) is 3.30. The van der Waals surface area contributed by atoms with Gasteiger partial charge in [0.1, 0.15) is 11.8 Å². The fourth-order valence-electron chi connectivity index (χ4n) is 3.14. The number of carbonyl (C=O) groups is 1. The molecule has 1 amide bonds. The van der Waals surface area contributed by atoms with Crippen molar-refractivity contribution in [3.63, 3.8) is 0 Å². The summed E-state index contributed by atoms with van der Waals surface area (Å²) in [6.45, 7) is 8.25. The maximum Gasteiger partial charge on any atom is 0.417 e. The van der Waals surface area contributed by atoms with E-state index in [1.54, 1.807) is 36.8 Å². The molecule has 3 heterocycles. The molecule has 2 aliphatic rings. The highest BCUT2D eigenvalue weighted by atomic mass is 16.6. The number of aryl methyl sites for hydroxylation is 1. The third-order valence-corrected chi connectivity index (χ3v) is 4.72. The molecule has 6 heteroatoms. The van der Waals surface area contributed by atoms with Gasteiger partial charge in [-0.25, -0.2) is 4.79 Å². The summed E-state index contributed by atoms with van der Waals surface area (Å²) in [4.78, 5) is 12.7. The second-order valence-electron chi connectivity index (χ2n) is 8.06. The van der Waals surface area contributed by atoms with Crippen molar-refractivity contribution in [1.29, 1.82) is 0 Å². The van der Waals surface area contributed by atoms with Gasteiger partial charge in [0.25, 0.3) is 0 Å². The van der Waals surface area contributed by atoms with Crippen molar-refractivity contribution in [3.8, 4) is 5.75 Å². The van der Waals surface area contributed by atoms with E-state index in [9.17, 15) is 4.79 Å². The van der Waals surface area contributed by atoms with Gasteiger partial charge in [0, 0.05) is 6.07 Å². The van der Waals surface area contributed by atoms with Gasteiger partial charge in [-0.2, -0.15) is 0 Å². The van der Waals surface area contributed by atoms with Crippen molar-refractivity contribution < 1.29 is 22.8 Å². The van der Waals surface area contributed by atoms with Gasteiger partial charge in [0.2, 0.25) is 5.42 Å². The molecule has 0 atom stereocenters. The van der Waals surface area contributed by atoms with Gasteiger partial charge in [0.15, 0.2) is 11.2 Å². The van der Waals surface area contributed by atoms with E-state index in [1.165, 1.54) is 6.26 Å². The zero-order chi connectivity index (χ0) is 21.3. The van der Waals surface area contributed by atoms with E-state index in [4.69, 9.17) is 18.0 Å². The van der Waals surface area contributed by atoms with Crippen LogP contribution in [0.4, 0.5) is 10.5 Å². The molecule has 2 aromatic rings. The molecule has 30 heavy (non-hydrogen) atoms. The molecule has 1 aromatic heterocycles. The number of hydrogen-bond acceptors (Lipinski definition) is 5. The molecule has 2 aliphatic heterocycles. The van der Waals surface area contributed by atoms with E-state index in [0.717, 1.165) is 22.2 Å². The second kappa shape index (κ2) is 7.63. The second-order valence-corrected chi connectivity index (χ2v) is 8.06. The first-order valence-corrected chi connectivity index (χ1v) is 9.62. The molecule has 0 spiro atoms. The van der Waals surface area contributed by atoms with Crippen LogP contribution in [-0.2, 0) is 5.41 Å². The van der Waals surface area contributed by atoms with Crippen LogP contribution in [0.3, 0.4) is 0 Å². The number of benzene rings is 1. The summed E-state index contributed by atoms with van der Waals surface area (Å²) in [5.74, 6) is 0.277. The zero-order valence-corrected chi connectivity index (χ0v) is 17.3. The van der Waals surface area contributed by atoms with Crippen LogP contribution < -0.4 is 10.1 Å². The predicted molar refractivity (Wildman–Crippen MR) is 113 cm³/mol. The van der Waals surface area contributed by atoms with Crippen molar-refractivity contribution in [2.24, 2.45) is 0 Å². The number of carbonyl (C=O) groups excluding carboxylic acids is 1. The molecular formula is C24H23NO5. The Hall–Kier alpha value is -3.67. The number of nitrogens with one attached hydrogen (secondary N) is 1. The van der Waals surface area contributed by atoms with Crippen LogP contribution in [0.2, 0.25) is 0 Å². The van der Waals surface area contributed by atoms with E-state index in [0.29, 0.717) is 16.4 Å². The van der Waals surface area contributed by atoms with E-state index in [1.807, 2.05) is 25.1 Å². The Kier molecular flexibility index (Phi) is 4.99. The summed E-state index contributed by atoms with van der Waals surface area (Å²) in [7, 11) is 0. The lowest BCUT2D eigenvalue weighted by molar-refractivity contribution is 0.214. The van der Waals surface area contributed by atoms with Gasteiger partial charge >= 0.3 is 6.09 Å². The summed E-state index contributed by atoms with van der Waals surface area (Å²) in [5.41, 5.74) is 4.23. The lowest BCUT2D eigenvalue weighted by Crippen LogP contribution is -2.22. The van der Waals surface area contributed by atoms with Gasteiger partial charge in [-0.1, -0.05) is 39.0 Å². The number of rotatable bonds is 2. The average molecular weight is 405 g/mol. The molecular weight excluding hydrogens is 382 g/mol. The third kappa shape index (κ3) is 4.17. The molecule has 0 aliphatic carbocycles. The van der Waals surface area contributed by atoms with Crippen LogP contribution in [0.1, 0.15) is 31.9 Å². The van der Waals surface area contributed by atoms with E-state index in [-0.39, 0.29) is 11.2 Å². The predicted octanol–water partition coefficient (Wildman–Crippen LogP) is 6.68. The number of amides is 1. The summed E-state index contributed by atoms with van der Waals surface area (Å²) in [5, 5.41) is 3.67. The van der Waals surface area contributed by atoms with Gasteiger partial charge in [0.05, 0.1) is 23.6 Å². The summed E-state index contributed by atoms with van der Waals surface area (Å²) in [6.07, 6.45) is 4.00. The van der Waals surface area contributed by atoms with E-state index >= 15 is 0 Å². The van der Waals surface area contributed by atoms with Crippen LogP contribution in [0, 0.1) is 17.8 Å². The van der Waals surface area contributed by atoms with Gasteiger partial charge in [-0.15, -0.1) is 0 Å². The Morgan fingerprint density at radius 2 is 1.90 bits per heavy atom. The Balaban J connectivity index is 1.69. The minimum Gasteiger partial charge on any atom is -0.472 e. The molecule has 1 aromatic carbocycles. The summed E-state index contributed by atoms with van der Waals surface area (Å²) < 4.78 is 21.9. The van der Waals surface area contributed by atoms with Crippen LogP contribution >= 0.6 is 0 Å². The molecule has 4 rings (SSSR count). The molecule has 0 saturated heterocycles. The smallest absolute Gasteiger partial charge is 0.417 e. The Morgan fingerprint density at radius 1 is 1.07 bits per heavy atom. The molecule has 0 bridgehead atoms. The normalized spacial score (nSPS) is 11.5. The van der Waals surface area contributed by atoms with E-state index in [2.05, 4.69) is 26.1 Å². The van der Waals surface area contributed by atoms with Crippen molar-refractivity contribution >= 4 is 22.7 Å². The summed E-state index contributed by atoms with van der Waals surface area (Å²) in [6, 6.07) is 12.7. The number of hydrogen-bond donors (Lipinski definition) is 1. The fraction of sp³-hybridized carbons (Fsp3) is 0.208. The third-order valence-electron chi connectivity index (χ3n) is 4.72. The van der Waals surface area contributed by atoms with Crippen molar-refractivity contribution in [1.82, 2.24) is 0 Å². The highest BCUT2D eigenvalue weighted by Crippen LogP contribution is 2.32. The molecule has 154 valence electrons. The van der Waals surface area contributed by atoms with Crippen molar-refractivity contribution in [2.45, 2.75) is 33.1 Å².